The highest BCUT2D eigenvalue weighted by Crippen LogP contribution is 2.16. The van der Waals surface area contributed by atoms with E-state index in [9.17, 15) is 4.79 Å². The minimum Gasteiger partial charge on any atom is -0.303 e. The second kappa shape index (κ2) is 8.03. The fourth-order valence-corrected chi connectivity index (χ4v) is 1.40. The lowest BCUT2D eigenvalue weighted by Gasteiger charge is -2.13. The standard InChI is InChI=1S/C12H22O/c1-4-5-6-7-8-9-12(10-13)11(2)3/h4,10-12H,1,5-9H2,2-3H3. The third-order valence-electron chi connectivity index (χ3n) is 2.48. The Hall–Kier alpha value is -0.590. The van der Waals surface area contributed by atoms with Gasteiger partial charge in [-0.15, -0.1) is 6.58 Å². The molecule has 1 atom stereocenters. The summed E-state index contributed by atoms with van der Waals surface area (Å²) in [6.45, 7) is 7.91. The molecule has 13 heavy (non-hydrogen) atoms. The zero-order chi connectivity index (χ0) is 10.1. The van der Waals surface area contributed by atoms with Crippen LogP contribution in [0.2, 0.25) is 0 Å². The van der Waals surface area contributed by atoms with Gasteiger partial charge in [0.2, 0.25) is 0 Å². The van der Waals surface area contributed by atoms with Gasteiger partial charge in [-0.25, -0.2) is 0 Å². The maximum Gasteiger partial charge on any atom is 0.123 e. The first-order valence-electron chi connectivity index (χ1n) is 5.28. The third kappa shape index (κ3) is 6.56. The number of allylic oxidation sites excluding steroid dienone is 1. The van der Waals surface area contributed by atoms with Crippen molar-refractivity contribution in [1.82, 2.24) is 0 Å². The zero-order valence-electron chi connectivity index (χ0n) is 8.96. The summed E-state index contributed by atoms with van der Waals surface area (Å²) in [6.07, 6.45) is 8.84. The Labute approximate surface area is 82.2 Å². The van der Waals surface area contributed by atoms with Gasteiger partial charge in [-0.05, 0) is 25.2 Å². The smallest absolute Gasteiger partial charge is 0.123 e. The van der Waals surface area contributed by atoms with Gasteiger partial charge in [0.25, 0.3) is 0 Å². The first-order chi connectivity index (χ1) is 6.22. The van der Waals surface area contributed by atoms with Crippen molar-refractivity contribution in [3.05, 3.63) is 12.7 Å². The summed E-state index contributed by atoms with van der Waals surface area (Å²) in [5, 5.41) is 0. The van der Waals surface area contributed by atoms with E-state index >= 15 is 0 Å². The highest BCUT2D eigenvalue weighted by Gasteiger charge is 2.10. The summed E-state index contributed by atoms with van der Waals surface area (Å²) >= 11 is 0. The minimum atomic E-state index is 0.267. The summed E-state index contributed by atoms with van der Waals surface area (Å²) < 4.78 is 0. The molecule has 0 aromatic rings. The number of hydrogen-bond acceptors (Lipinski definition) is 1. The summed E-state index contributed by atoms with van der Waals surface area (Å²) in [5.74, 6) is 0.764. The Morgan fingerprint density at radius 2 is 1.92 bits per heavy atom. The molecule has 0 saturated heterocycles. The lowest BCUT2D eigenvalue weighted by molar-refractivity contribution is -0.112. The van der Waals surface area contributed by atoms with E-state index in [4.69, 9.17) is 0 Å². The maximum atomic E-state index is 10.7. The van der Waals surface area contributed by atoms with Gasteiger partial charge in [-0.1, -0.05) is 32.8 Å². The van der Waals surface area contributed by atoms with Gasteiger partial charge in [0.1, 0.15) is 6.29 Å². The Morgan fingerprint density at radius 3 is 2.38 bits per heavy atom. The first kappa shape index (κ1) is 12.4. The van der Waals surface area contributed by atoms with Crippen molar-refractivity contribution in [1.29, 1.82) is 0 Å². The molecule has 0 heterocycles. The first-order valence-corrected chi connectivity index (χ1v) is 5.28. The minimum absolute atomic E-state index is 0.267. The van der Waals surface area contributed by atoms with Crippen molar-refractivity contribution >= 4 is 6.29 Å². The molecule has 1 heteroatoms. The van der Waals surface area contributed by atoms with Crippen LogP contribution in [-0.2, 0) is 4.79 Å². The molecule has 0 rings (SSSR count). The number of hydrogen-bond donors (Lipinski definition) is 0. The van der Waals surface area contributed by atoms with E-state index in [0.717, 1.165) is 19.1 Å². The van der Waals surface area contributed by atoms with Crippen LogP contribution in [0.15, 0.2) is 12.7 Å². The fraction of sp³-hybridized carbons (Fsp3) is 0.750. The lowest BCUT2D eigenvalue weighted by atomic mass is 9.91. The molecule has 1 unspecified atom stereocenters. The second-order valence-electron chi connectivity index (χ2n) is 3.97. The van der Waals surface area contributed by atoms with Crippen LogP contribution in [0.3, 0.4) is 0 Å². The predicted octanol–water partition coefficient (Wildman–Crippen LogP) is 3.59. The molecular formula is C12H22O. The van der Waals surface area contributed by atoms with Gasteiger partial charge in [-0.2, -0.15) is 0 Å². The van der Waals surface area contributed by atoms with Gasteiger partial charge in [0.05, 0.1) is 0 Å². The van der Waals surface area contributed by atoms with Crippen LogP contribution in [-0.4, -0.2) is 6.29 Å². The van der Waals surface area contributed by atoms with E-state index in [-0.39, 0.29) is 5.92 Å². The van der Waals surface area contributed by atoms with Crippen LogP contribution in [0, 0.1) is 11.8 Å². The van der Waals surface area contributed by atoms with E-state index in [2.05, 4.69) is 20.4 Å². The molecule has 0 radical (unpaired) electrons. The Bertz CT molecular complexity index is 138. The summed E-state index contributed by atoms with van der Waals surface area (Å²) in [6, 6.07) is 0. The topological polar surface area (TPSA) is 17.1 Å². The predicted molar refractivity (Wildman–Crippen MR) is 57.7 cm³/mol. The maximum absolute atomic E-state index is 10.7. The number of rotatable bonds is 8. The molecule has 76 valence electrons. The molecule has 0 fully saturated rings. The molecule has 0 amide bonds. The average Bonchev–Trinajstić information content (AvgIpc) is 2.10. The molecule has 0 bridgehead atoms. The molecule has 0 spiro atoms. The van der Waals surface area contributed by atoms with Crippen molar-refractivity contribution in [2.75, 3.05) is 0 Å². The Morgan fingerprint density at radius 1 is 1.23 bits per heavy atom. The van der Waals surface area contributed by atoms with Crippen molar-refractivity contribution in [3.63, 3.8) is 0 Å². The Balaban J connectivity index is 3.38. The van der Waals surface area contributed by atoms with Gasteiger partial charge in [-0.3, -0.25) is 0 Å². The number of unbranched alkanes of at least 4 members (excludes halogenated alkanes) is 3. The molecule has 0 aliphatic carbocycles. The van der Waals surface area contributed by atoms with Gasteiger partial charge in [0.15, 0.2) is 0 Å². The summed E-state index contributed by atoms with van der Waals surface area (Å²) in [4.78, 5) is 10.7. The zero-order valence-corrected chi connectivity index (χ0v) is 8.96. The average molecular weight is 182 g/mol. The SMILES string of the molecule is C=CCCCCCC(C=O)C(C)C. The van der Waals surface area contributed by atoms with Crippen LogP contribution >= 0.6 is 0 Å². The largest absolute Gasteiger partial charge is 0.303 e. The molecule has 0 aromatic heterocycles. The monoisotopic (exact) mass is 182 g/mol. The van der Waals surface area contributed by atoms with Crippen LogP contribution in [0.25, 0.3) is 0 Å². The molecular weight excluding hydrogens is 160 g/mol. The van der Waals surface area contributed by atoms with E-state index in [1.165, 1.54) is 19.3 Å². The van der Waals surface area contributed by atoms with Gasteiger partial charge in [0, 0.05) is 5.92 Å². The van der Waals surface area contributed by atoms with Crippen LogP contribution in [0.1, 0.15) is 46.0 Å². The Kier molecular flexibility index (Phi) is 7.66. The van der Waals surface area contributed by atoms with Crippen molar-refractivity contribution < 1.29 is 4.79 Å². The molecule has 1 nitrogen and oxygen atoms in total. The second-order valence-corrected chi connectivity index (χ2v) is 3.97. The number of aldehydes is 1. The molecule has 0 aliphatic rings. The van der Waals surface area contributed by atoms with E-state index in [1.807, 2.05) is 6.08 Å². The quantitative estimate of drug-likeness (QED) is 0.318. The summed E-state index contributed by atoms with van der Waals surface area (Å²) in [7, 11) is 0. The van der Waals surface area contributed by atoms with E-state index < -0.39 is 0 Å². The van der Waals surface area contributed by atoms with Crippen LogP contribution < -0.4 is 0 Å². The van der Waals surface area contributed by atoms with Crippen LogP contribution in [0.5, 0.6) is 0 Å². The lowest BCUT2D eigenvalue weighted by Crippen LogP contribution is -2.09. The van der Waals surface area contributed by atoms with Crippen molar-refractivity contribution in [2.45, 2.75) is 46.0 Å². The van der Waals surface area contributed by atoms with Crippen molar-refractivity contribution in [2.24, 2.45) is 11.8 Å². The number of carbonyl (C=O) groups excluding carboxylic acids is 1. The van der Waals surface area contributed by atoms with Crippen LogP contribution in [0.4, 0.5) is 0 Å². The van der Waals surface area contributed by atoms with Gasteiger partial charge >= 0.3 is 0 Å². The van der Waals surface area contributed by atoms with E-state index in [0.29, 0.717) is 5.92 Å². The van der Waals surface area contributed by atoms with Crippen molar-refractivity contribution in [3.8, 4) is 0 Å². The number of carbonyl (C=O) groups is 1. The summed E-state index contributed by atoms with van der Waals surface area (Å²) in [5.41, 5.74) is 0. The fourth-order valence-electron chi connectivity index (χ4n) is 1.40. The van der Waals surface area contributed by atoms with Gasteiger partial charge < -0.3 is 4.79 Å². The molecule has 0 aromatic carbocycles. The highest BCUT2D eigenvalue weighted by atomic mass is 16.1. The third-order valence-corrected chi connectivity index (χ3v) is 2.48. The highest BCUT2D eigenvalue weighted by molar-refractivity contribution is 5.53. The van der Waals surface area contributed by atoms with E-state index in [1.54, 1.807) is 0 Å². The molecule has 0 saturated carbocycles. The normalized spacial score (nSPS) is 12.8. The molecule has 0 N–H and O–H groups in total. The molecule has 0 aliphatic heterocycles.